The third-order valence-corrected chi connectivity index (χ3v) is 22.9. The van der Waals surface area contributed by atoms with Gasteiger partial charge < -0.3 is 33.8 Å². The Kier molecular flexibility index (Phi) is 74.3. The summed E-state index contributed by atoms with van der Waals surface area (Å²) in [6.45, 7) is 14.3. The molecule has 0 rings (SSSR count). The highest BCUT2D eigenvalue weighted by atomic mass is 31.2. The van der Waals surface area contributed by atoms with Crippen LogP contribution in [0.5, 0.6) is 0 Å². The van der Waals surface area contributed by atoms with E-state index in [9.17, 15) is 43.2 Å². The molecule has 3 N–H and O–H groups in total. The smallest absolute Gasteiger partial charge is 0.462 e. The predicted octanol–water partition coefficient (Wildman–Crippen LogP) is 26.3. The van der Waals surface area contributed by atoms with Crippen LogP contribution in [0.15, 0.2) is 0 Å². The Hall–Kier alpha value is -1.94. The highest BCUT2D eigenvalue weighted by Gasteiger charge is 2.31. The average molecular weight is 1550 g/mol. The first-order valence-corrected chi connectivity index (χ1v) is 47.8. The lowest BCUT2D eigenvalue weighted by atomic mass is 9.99. The summed E-state index contributed by atoms with van der Waals surface area (Å²) < 4.78 is 68.9. The molecule has 0 aromatic carbocycles. The van der Waals surface area contributed by atoms with Crippen LogP contribution < -0.4 is 0 Å². The van der Waals surface area contributed by atoms with E-state index in [0.29, 0.717) is 25.7 Å². The van der Waals surface area contributed by atoms with Crippen molar-refractivity contribution in [2.75, 3.05) is 39.6 Å². The first-order valence-electron chi connectivity index (χ1n) is 44.8. The molecule has 19 heteroatoms. The number of hydrogen-bond acceptors (Lipinski definition) is 15. The number of phosphoric ester groups is 2. The number of aliphatic hydroxyl groups is 1. The van der Waals surface area contributed by atoms with Crippen molar-refractivity contribution in [2.45, 2.75) is 472 Å². The Morgan fingerprint density at radius 1 is 0.264 bits per heavy atom. The van der Waals surface area contributed by atoms with Gasteiger partial charge in [-0.25, -0.2) is 9.13 Å². The van der Waals surface area contributed by atoms with Crippen molar-refractivity contribution in [3.8, 4) is 0 Å². The van der Waals surface area contributed by atoms with Gasteiger partial charge >= 0.3 is 39.5 Å². The van der Waals surface area contributed by atoms with Gasteiger partial charge in [0.05, 0.1) is 26.4 Å². The van der Waals surface area contributed by atoms with Gasteiger partial charge in [0.2, 0.25) is 0 Å². The van der Waals surface area contributed by atoms with Crippen LogP contribution in [0, 0.1) is 23.7 Å². The topological polar surface area (TPSA) is 237 Å². The summed E-state index contributed by atoms with van der Waals surface area (Å²) in [5.74, 6) is 1.08. The molecule has 0 bridgehead atoms. The Labute approximate surface area is 651 Å². The van der Waals surface area contributed by atoms with Crippen LogP contribution in [-0.2, 0) is 65.4 Å². The molecule has 0 amide bonds. The lowest BCUT2D eigenvalue weighted by Gasteiger charge is -2.21. The largest absolute Gasteiger partial charge is 0.472 e. The molecular formula is C87H170O17P2. The third-order valence-electron chi connectivity index (χ3n) is 21.0. The summed E-state index contributed by atoms with van der Waals surface area (Å²) in [5.41, 5.74) is 0. The van der Waals surface area contributed by atoms with Crippen LogP contribution in [0.4, 0.5) is 0 Å². The number of unbranched alkanes of at least 4 members (excludes halogenated alkanes) is 48. The molecule has 0 heterocycles. The van der Waals surface area contributed by atoms with Crippen molar-refractivity contribution >= 4 is 39.5 Å². The van der Waals surface area contributed by atoms with Gasteiger partial charge in [-0.1, -0.05) is 402 Å². The van der Waals surface area contributed by atoms with Crippen LogP contribution in [0.25, 0.3) is 0 Å². The molecule has 0 fully saturated rings. The van der Waals surface area contributed by atoms with Crippen molar-refractivity contribution in [3.63, 3.8) is 0 Å². The minimum atomic E-state index is -4.97. The lowest BCUT2D eigenvalue weighted by Crippen LogP contribution is -2.30. The van der Waals surface area contributed by atoms with E-state index in [4.69, 9.17) is 37.0 Å². The minimum absolute atomic E-state index is 0.104. The molecule has 630 valence electrons. The Balaban J connectivity index is 5.21. The van der Waals surface area contributed by atoms with Crippen molar-refractivity contribution in [1.29, 1.82) is 0 Å². The summed E-state index contributed by atoms with van der Waals surface area (Å²) in [4.78, 5) is 73.2. The van der Waals surface area contributed by atoms with Gasteiger partial charge in [-0.05, 0) is 49.4 Å². The van der Waals surface area contributed by atoms with E-state index in [-0.39, 0.29) is 25.7 Å². The molecule has 0 aliphatic heterocycles. The summed E-state index contributed by atoms with van der Waals surface area (Å²) in [6, 6.07) is 0. The number of phosphoric acid groups is 2. The fourth-order valence-electron chi connectivity index (χ4n) is 13.4. The maximum atomic E-state index is 13.2. The Bertz CT molecular complexity index is 2060. The molecule has 0 aliphatic rings. The molecule has 0 aromatic heterocycles. The molecule has 17 nitrogen and oxygen atoms in total. The van der Waals surface area contributed by atoms with Gasteiger partial charge in [0, 0.05) is 25.7 Å². The molecular weight excluding hydrogens is 1380 g/mol. The first-order chi connectivity index (χ1) is 51.2. The van der Waals surface area contributed by atoms with Crippen molar-refractivity contribution in [1.82, 2.24) is 0 Å². The second-order valence-electron chi connectivity index (χ2n) is 32.7. The molecule has 0 saturated carbocycles. The van der Waals surface area contributed by atoms with Crippen LogP contribution in [0.3, 0.4) is 0 Å². The van der Waals surface area contributed by atoms with Gasteiger partial charge in [0.1, 0.15) is 19.3 Å². The maximum Gasteiger partial charge on any atom is 0.472 e. The molecule has 0 radical (unpaired) electrons. The SMILES string of the molecule is CCC(C)CCCCCCCCCCCCCCCCCCCCC(=O)O[C@H](COC(=O)CCCCCCCCCCCCCCCCCCCCC(C)C)COP(=O)(O)OCC(O)COP(=O)(O)OC[C@@H](COC(=O)CCCCCCCCCCC(C)C)OC(=O)CCCCCCCCCCC(C)CC. The molecule has 7 atom stereocenters. The summed E-state index contributed by atoms with van der Waals surface area (Å²) >= 11 is 0. The second kappa shape index (κ2) is 75.7. The number of ether oxygens (including phenoxy) is 4. The molecule has 0 saturated heterocycles. The normalized spacial score (nSPS) is 14.4. The van der Waals surface area contributed by atoms with Gasteiger partial charge in [0.15, 0.2) is 12.2 Å². The number of aliphatic hydroxyl groups excluding tert-OH is 1. The molecule has 106 heavy (non-hydrogen) atoms. The quantitative estimate of drug-likeness (QED) is 0.0222. The van der Waals surface area contributed by atoms with Gasteiger partial charge in [0.25, 0.3) is 0 Å². The number of esters is 4. The van der Waals surface area contributed by atoms with E-state index in [1.54, 1.807) is 0 Å². The van der Waals surface area contributed by atoms with E-state index >= 15 is 0 Å². The van der Waals surface area contributed by atoms with E-state index in [1.165, 1.54) is 257 Å². The van der Waals surface area contributed by atoms with Crippen molar-refractivity contribution in [3.05, 3.63) is 0 Å². The zero-order valence-corrected chi connectivity index (χ0v) is 71.9. The van der Waals surface area contributed by atoms with E-state index in [2.05, 4.69) is 55.4 Å². The number of carbonyl (C=O) groups excluding carboxylic acids is 4. The molecule has 0 spiro atoms. The summed E-state index contributed by atoms with van der Waals surface area (Å²) in [7, 11) is -9.93. The number of carbonyl (C=O) groups is 4. The van der Waals surface area contributed by atoms with Crippen LogP contribution >= 0.6 is 15.6 Å². The minimum Gasteiger partial charge on any atom is -0.462 e. The highest BCUT2D eigenvalue weighted by Crippen LogP contribution is 2.45. The zero-order valence-electron chi connectivity index (χ0n) is 70.1. The lowest BCUT2D eigenvalue weighted by molar-refractivity contribution is -0.161. The van der Waals surface area contributed by atoms with Gasteiger partial charge in [-0.15, -0.1) is 0 Å². The fourth-order valence-corrected chi connectivity index (χ4v) is 15.0. The average Bonchev–Trinajstić information content (AvgIpc) is 0.902. The van der Waals surface area contributed by atoms with Crippen molar-refractivity contribution in [2.24, 2.45) is 23.7 Å². The number of hydrogen-bond donors (Lipinski definition) is 3. The summed E-state index contributed by atoms with van der Waals surface area (Å²) in [6.07, 6.45) is 65.4. The van der Waals surface area contributed by atoms with E-state index in [0.717, 1.165) is 114 Å². The Morgan fingerprint density at radius 3 is 0.670 bits per heavy atom. The third kappa shape index (κ3) is 77.4. The van der Waals surface area contributed by atoms with Gasteiger partial charge in [-0.3, -0.25) is 37.3 Å². The monoisotopic (exact) mass is 1550 g/mol. The standard InChI is InChI=1S/C87H170O17P2/c1-9-79(7)65-57-49-41-32-28-24-20-16-12-14-18-22-26-30-34-45-53-61-69-86(91)103-82(73-97-84(89)67-59-51-43-33-29-25-21-17-13-11-15-19-23-27-31-39-47-55-63-77(3)4)75-101-105(93,94)99-71-81(88)72-100-106(95,96)102-76-83(74-98-85(90)68-60-52-44-37-35-40-48-56-64-78(5)6)104-87(92)70-62-54-46-38-36-42-50-58-66-80(8)10-2/h77-83,88H,9-76H2,1-8H3,(H,93,94)(H,95,96)/t79?,80?,81?,82-,83-/m1/s1. The van der Waals surface area contributed by atoms with Gasteiger partial charge in [-0.2, -0.15) is 0 Å². The molecule has 0 aromatic rings. The molecule has 0 aliphatic carbocycles. The van der Waals surface area contributed by atoms with E-state index < -0.39 is 97.5 Å². The van der Waals surface area contributed by atoms with Crippen LogP contribution in [0.2, 0.25) is 0 Å². The highest BCUT2D eigenvalue weighted by molar-refractivity contribution is 7.47. The van der Waals surface area contributed by atoms with E-state index in [1.807, 2.05) is 0 Å². The summed E-state index contributed by atoms with van der Waals surface area (Å²) in [5, 5.41) is 10.7. The first kappa shape index (κ1) is 104. The van der Waals surface area contributed by atoms with Crippen molar-refractivity contribution < 1.29 is 80.2 Å². The van der Waals surface area contributed by atoms with Crippen LogP contribution in [-0.4, -0.2) is 96.7 Å². The molecule has 5 unspecified atom stereocenters. The number of rotatable bonds is 84. The zero-order chi connectivity index (χ0) is 78.1. The Morgan fingerprint density at radius 2 is 0.453 bits per heavy atom. The van der Waals surface area contributed by atoms with Crippen LogP contribution in [0.1, 0.15) is 453 Å². The maximum absolute atomic E-state index is 13.2. The fraction of sp³-hybridized carbons (Fsp3) is 0.954. The predicted molar refractivity (Wildman–Crippen MR) is 437 cm³/mol. The second-order valence-corrected chi connectivity index (χ2v) is 35.6.